The lowest BCUT2D eigenvalue weighted by Crippen LogP contribution is -2.68. The largest absolute Gasteiger partial charge is 0.508 e. The Morgan fingerprint density at radius 3 is 2.82 bits per heavy atom. The van der Waals surface area contributed by atoms with E-state index in [-0.39, 0.29) is 24.1 Å². The Labute approximate surface area is 163 Å². The molecule has 1 saturated heterocycles. The number of hydrogen-bond acceptors (Lipinski definition) is 4. The first kappa shape index (κ1) is 17.3. The number of phenols is 1. The van der Waals surface area contributed by atoms with E-state index in [0.29, 0.717) is 24.3 Å². The third kappa shape index (κ3) is 1.98. The van der Waals surface area contributed by atoms with Crippen molar-refractivity contribution in [3.05, 3.63) is 17.2 Å². The molecule has 2 saturated carbocycles. The molecule has 5 aliphatic rings. The summed E-state index contributed by atoms with van der Waals surface area (Å²) in [5, 5.41) is 10.8. The van der Waals surface area contributed by atoms with Crippen LogP contribution in [-0.4, -0.2) is 48.3 Å². The van der Waals surface area contributed by atoms with E-state index >= 15 is 8.78 Å². The van der Waals surface area contributed by atoms with E-state index in [4.69, 9.17) is 9.47 Å². The summed E-state index contributed by atoms with van der Waals surface area (Å²) in [6, 6.07) is 1.77. The molecule has 4 atom stereocenters. The van der Waals surface area contributed by atoms with Crippen LogP contribution in [0.2, 0.25) is 0 Å². The highest BCUT2D eigenvalue weighted by molar-refractivity contribution is 5.65. The Balaban J connectivity index is 1.52. The van der Waals surface area contributed by atoms with Crippen molar-refractivity contribution < 1.29 is 23.4 Å². The molecule has 0 unspecified atom stereocenters. The number of methoxy groups -OCH3 is 1. The highest BCUT2D eigenvalue weighted by Crippen LogP contribution is 2.67. The molecule has 6 heteroatoms. The number of likely N-dealkylation sites (tertiary alicyclic amines) is 1. The van der Waals surface area contributed by atoms with Crippen LogP contribution in [0.4, 0.5) is 8.78 Å². The van der Waals surface area contributed by atoms with Crippen LogP contribution in [0, 0.1) is 11.8 Å². The first-order valence-corrected chi connectivity index (χ1v) is 10.7. The minimum absolute atomic E-state index is 0.116. The number of rotatable bonds is 3. The van der Waals surface area contributed by atoms with Crippen LogP contribution in [0.3, 0.4) is 0 Å². The Bertz CT molecular complexity index is 840. The maximum absolute atomic E-state index is 15.1. The van der Waals surface area contributed by atoms with Crippen molar-refractivity contribution in [2.45, 2.75) is 68.4 Å². The number of alkyl halides is 2. The van der Waals surface area contributed by atoms with Crippen molar-refractivity contribution in [2.75, 3.05) is 20.2 Å². The van der Waals surface area contributed by atoms with Gasteiger partial charge in [0.05, 0.1) is 7.11 Å². The number of piperidine rings is 1. The molecule has 1 spiro atoms. The smallest absolute Gasteiger partial charge is 0.285 e. The van der Waals surface area contributed by atoms with Crippen LogP contribution in [0.15, 0.2) is 6.07 Å². The van der Waals surface area contributed by atoms with Gasteiger partial charge in [0, 0.05) is 41.6 Å². The molecule has 6 rings (SSSR count). The summed E-state index contributed by atoms with van der Waals surface area (Å²) in [4.78, 5) is 2.55. The van der Waals surface area contributed by atoms with Crippen molar-refractivity contribution in [1.82, 2.24) is 4.90 Å². The Kier molecular flexibility index (Phi) is 3.42. The minimum atomic E-state index is -2.86. The second kappa shape index (κ2) is 5.53. The van der Waals surface area contributed by atoms with Gasteiger partial charge < -0.3 is 14.6 Å². The van der Waals surface area contributed by atoms with Crippen LogP contribution in [-0.2, 0) is 11.8 Å². The molecule has 28 heavy (non-hydrogen) atoms. The van der Waals surface area contributed by atoms with Crippen LogP contribution in [0.5, 0.6) is 17.2 Å². The first-order chi connectivity index (χ1) is 13.5. The topological polar surface area (TPSA) is 41.9 Å². The van der Waals surface area contributed by atoms with Crippen molar-refractivity contribution in [3.8, 4) is 17.2 Å². The fraction of sp³-hybridized carbons (Fsp3) is 0.727. The van der Waals surface area contributed by atoms with Crippen LogP contribution < -0.4 is 9.47 Å². The molecule has 0 radical (unpaired) electrons. The summed E-state index contributed by atoms with van der Waals surface area (Å²) in [5.74, 6) is -0.946. The summed E-state index contributed by atoms with van der Waals surface area (Å²) >= 11 is 0. The van der Waals surface area contributed by atoms with Crippen LogP contribution in [0.25, 0.3) is 0 Å². The zero-order valence-corrected chi connectivity index (χ0v) is 16.2. The summed E-state index contributed by atoms with van der Waals surface area (Å²) < 4.78 is 41.6. The molecule has 1 aromatic rings. The van der Waals surface area contributed by atoms with Gasteiger partial charge in [0.15, 0.2) is 17.6 Å². The zero-order valence-electron chi connectivity index (χ0n) is 16.2. The lowest BCUT2D eigenvalue weighted by molar-refractivity contribution is -0.183. The highest BCUT2D eigenvalue weighted by Gasteiger charge is 2.71. The van der Waals surface area contributed by atoms with Gasteiger partial charge in [-0.25, -0.2) is 8.78 Å². The molecule has 2 heterocycles. The summed E-state index contributed by atoms with van der Waals surface area (Å²) in [7, 11) is 1.50. The zero-order chi connectivity index (χ0) is 19.3. The van der Waals surface area contributed by atoms with Crippen molar-refractivity contribution in [3.63, 3.8) is 0 Å². The molecule has 3 aliphatic carbocycles. The van der Waals surface area contributed by atoms with Gasteiger partial charge in [0.2, 0.25) is 0 Å². The first-order valence-electron chi connectivity index (χ1n) is 10.7. The van der Waals surface area contributed by atoms with E-state index in [2.05, 4.69) is 4.90 Å². The Morgan fingerprint density at radius 1 is 1.29 bits per heavy atom. The van der Waals surface area contributed by atoms with E-state index in [9.17, 15) is 5.11 Å². The molecule has 152 valence electrons. The van der Waals surface area contributed by atoms with Gasteiger partial charge in [0.1, 0.15) is 5.75 Å². The second-order valence-electron chi connectivity index (χ2n) is 9.54. The normalized spacial score (nSPS) is 37.8. The van der Waals surface area contributed by atoms with E-state index in [1.807, 2.05) is 0 Å². The maximum atomic E-state index is 15.1. The lowest BCUT2D eigenvalue weighted by atomic mass is 9.51. The Hall–Kier alpha value is -1.56. The van der Waals surface area contributed by atoms with Gasteiger partial charge in [-0.3, -0.25) is 4.90 Å². The van der Waals surface area contributed by atoms with Gasteiger partial charge in [0.25, 0.3) is 5.92 Å². The van der Waals surface area contributed by atoms with Crippen molar-refractivity contribution in [2.24, 2.45) is 11.8 Å². The average molecular weight is 391 g/mol. The molecule has 0 aromatic heterocycles. The predicted octanol–water partition coefficient (Wildman–Crippen LogP) is 3.88. The minimum Gasteiger partial charge on any atom is -0.508 e. The van der Waals surface area contributed by atoms with E-state index in [1.165, 1.54) is 26.4 Å². The summed E-state index contributed by atoms with van der Waals surface area (Å²) in [6.45, 7) is 1.91. The standard InChI is InChI=1S/C22H27F2NO3/c1-27-17-10-16(26)13-9-15-14-5-6-22(23,24)20-21(14,18(13)19(17)28-20)7-8-25(15)11-12-3-2-4-12/h10,12,14-15,20,26H,2-9,11H2,1H3/t14-,15-,20-,21+/m1/s1. The van der Waals surface area contributed by atoms with E-state index in [0.717, 1.165) is 36.6 Å². The molecule has 1 aromatic carbocycles. The van der Waals surface area contributed by atoms with Crippen LogP contribution >= 0.6 is 0 Å². The number of nitrogens with zero attached hydrogens (tertiary/aromatic N) is 1. The van der Waals surface area contributed by atoms with E-state index in [1.54, 1.807) is 6.07 Å². The van der Waals surface area contributed by atoms with Crippen molar-refractivity contribution in [1.29, 1.82) is 0 Å². The highest BCUT2D eigenvalue weighted by atomic mass is 19.3. The molecule has 3 fully saturated rings. The third-order valence-corrected chi connectivity index (χ3v) is 8.43. The van der Waals surface area contributed by atoms with Gasteiger partial charge >= 0.3 is 0 Å². The molecule has 2 bridgehead atoms. The molecular weight excluding hydrogens is 364 g/mol. The number of aromatic hydroxyl groups is 1. The molecule has 1 N–H and O–H groups in total. The monoisotopic (exact) mass is 391 g/mol. The summed E-state index contributed by atoms with van der Waals surface area (Å²) in [5.41, 5.74) is 0.950. The van der Waals surface area contributed by atoms with Gasteiger partial charge in [-0.1, -0.05) is 6.42 Å². The number of hydrogen-bond donors (Lipinski definition) is 1. The van der Waals surface area contributed by atoms with Crippen molar-refractivity contribution >= 4 is 0 Å². The average Bonchev–Trinajstić information content (AvgIpc) is 2.97. The quantitative estimate of drug-likeness (QED) is 0.849. The molecule has 0 amide bonds. The predicted molar refractivity (Wildman–Crippen MR) is 99.4 cm³/mol. The number of ether oxygens (including phenoxy) is 2. The van der Waals surface area contributed by atoms with Gasteiger partial charge in [-0.05, 0) is 50.5 Å². The third-order valence-electron chi connectivity index (χ3n) is 8.43. The second-order valence-corrected chi connectivity index (χ2v) is 9.54. The van der Waals surface area contributed by atoms with E-state index < -0.39 is 17.4 Å². The molecule has 4 nitrogen and oxygen atoms in total. The fourth-order valence-electron chi connectivity index (χ4n) is 7.01. The number of benzene rings is 1. The van der Waals surface area contributed by atoms with Gasteiger partial charge in [-0.2, -0.15) is 0 Å². The van der Waals surface area contributed by atoms with Crippen LogP contribution in [0.1, 0.15) is 49.7 Å². The molecular formula is C22H27F2NO3. The fourth-order valence-corrected chi connectivity index (χ4v) is 7.01. The molecule has 2 aliphatic heterocycles. The number of phenolic OH excluding ortho intramolecular Hbond substituents is 1. The van der Waals surface area contributed by atoms with Gasteiger partial charge in [-0.15, -0.1) is 0 Å². The number of halogens is 2. The Morgan fingerprint density at radius 2 is 2.11 bits per heavy atom. The SMILES string of the molecule is COc1cc(O)c2c3c1O[C@H]1C(F)(F)CC[C@@H]4[C@@H](C2)N(CC2CCC2)CC[C@@]341. The lowest BCUT2D eigenvalue weighted by Gasteiger charge is -2.60. The maximum Gasteiger partial charge on any atom is 0.285 e. The summed E-state index contributed by atoms with van der Waals surface area (Å²) in [6.07, 6.45) is 4.54.